The largest absolute Gasteiger partial charge is 0.507 e. The highest BCUT2D eigenvalue weighted by Crippen LogP contribution is 2.53. The van der Waals surface area contributed by atoms with Gasteiger partial charge in [-0.3, -0.25) is 19.2 Å². The summed E-state index contributed by atoms with van der Waals surface area (Å²) in [7, 11) is 0.871. The molecule has 1 saturated heterocycles. The van der Waals surface area contributed by atoms with Crippen LogP contribution in [0.25, 0.3) is 0 Å². The molecule has 2 aliphatic carbocycles. The predicted molar refractivity (Wildman–Crippen MR) is 142 cm³/mol. The van der Waals surface area contributed by atoms with Crippen LogP contribution in [-0.4, -0.2) is 98.7 Å². The molecule has 1 heterocycles. The molecule has 3 aliphatic rings. The molecule has 2 aromatic carbocycles. The first-order valence-corrected chi connectivity index (χ1v) is 13.6. The first kappa shape index (κ1) is 32.5. The molecule has 242 valence electrons. The Labute approximate surface area is 251 Å². The van der Waals surface area contributed by atoms with Gasteiger partial charge in [0.05, 0.1) is 47.7 Å². The Morgan fingerprint density at radius 2 is 1.76 bits per heavy atom. The molecule has 0 bridgehead atoms. The van der Waals surface area contributed by atoms with E-state index in [1.807, 2.05) is 0 Å². The average Bonchev–Trinajstić information content (AvgIpc) is 2.97. The number of nitrogens with two attached hydrogens (primary N) is 1. The lowest BCUT2D eigenvalue weighted by atomic mass is 9.71. The number of methoxy groups -OCH3 is 1. The molecular weight excluding hydrogens is 611 g/mol. The summed E-state index contributed by atoms with van der Waals surface area (Å²) in [6.45, 7) is 0.362. The second-order valence-corrected chi connectivity index (χ2v) is 11.2. The fourth-order valence-corrected chi connectivity index (χ4v) is 6.17. The second-order valence-electron chi connectivity index (χ2n) is 11.2. The highest BCUT2D eigenvalue weighted by atomic mass is 19.4. The van der Waals surface area contributed by atoms with E-state index in [9.17, 15) is 57.9 Å². The Kier molecular flexibility index (Phi) is 8.04. The number of aromatic hydroxyl groups is 2. The van der Waals surface area contributed by atoms with Gasteiger partial charge < -0.3 is 45.5 Å². The predicted octanol–water partition coefficient (Wildman–Crippen LogP) is 0.746. The van der Waals surface area contributed by atoms with Gasteiger partial charge >= 0.3 is 6.18 Å². The van der Waals surface area contributed by atoms with Gasteiger partial charge in [0.2, 0.25) is 5.78 Å². The molecule has 1 fully saturated rings. The first-order valence-electron chi connectivity index (χ1n) is 13.6. The number of ketones is 4. The maximum atomic E-state index is 13.9. The number of carbonyl (C=O) groups is 4. The molecule has 0 radical (unpaired) electrons. The third-order valence-corrected chi connectivity index (χ3v) is 8.42. The van der Waals surface area contributed by atoms with Crippen molar-refractivity contribution in [2.75, 3.05) is 13.7 Å². The fourth-order valence-electron chi connectivity index (χ4n) is 6.17. The lowest BCUT2D eigenvalue weighted by molar-refractivity contribution is -0.247. The maximum absolute atomic E-state index is 13.9. The van der Waals surface area contributed by atoms with Crippen LogP contribution in [0.1, 0.15) is 79.2 Å². The van der Waals surface area contributed by atoms with Crippen LogP contribution in [-0.2, 0) is 20.7 Å². The molecule has 45 heavy (non-hydrogen) atoms. The summed E-state index contributed by atoms with van der Waals surface area (Å²) < 4.78 is 56.5. The maximum Gasteiger partial charge on any atom is 0.455 e. The summed E-state index contributed by atoms with van der Waals surface area (Å²) in [5.41, 5.74) is -1.22. The van der Waals surface area contributed by atoms with Gasteiger partial charge in [-0.2, -0.15) is 13.2 Å². The number of aliphatic hydroxyl groups excluding tert-OH is 2. The van der Waals surface area contributed by atoms with Gasteiger partial charge in [-0.1, -0.05) is 0 Å². The number of carbonyl (C=O) groups excluding carboxylic acids is 4. The number of phenolic OH excluding ortho intramolecular Hbond substituents is 2. The van der Waals surface area contributed by atoms with E-state index in [1.54, 1.807) is 0 Å². The van der Waals surface area contributed by atoms with Crippen molar-refractivity contribution in [3.63, 3.8) is 0 Å². The minimum atomic E-state index is -5.37. The molecule has 5 rings (SSSR count). The molecule has 0 amide bonds. The SMILES string of the molecule is COc1c(C(=O)C(F)(F)F)ccc2c1C(=O)c1c(O)c3c(c(O)c1C2=O)C[C@@](O)(C(=O)CO)C[C@@H]3O[C@H]1C[C@H](N)[C@H](O)[C@H](C)O1. The molecule has 16 heteroatoms. The standard InChI is InChI=1S/C29H28F3NO12/c1-9-21(36)13(33)5-16(44-9)45-14-7-28(42,15(35)8-34)6-12-17(14)24(39)20-19(23(12)38)22(37)10-3-4-11(27(41)29(30,31)32)26(43-2)18(10)25(20)40/h3-4,9,13-14,16,21,34,36,38-39,42H,5-8,33H2,1-2H3/t9-,13-,14-,16-,21+,28-/m0/s1. The number of rotatable bonds is 6. The van der Waals surface area contributed by atoms with E-state index in [0.29, 0.717) is 6.07 Å². The number of hydrogen-bond acceptors (Lipinski definition) is 13. The highest BCUT2D eigenvalue weighted by molar-refractivity contribution is 6.32. The lowest BCUT2D eigenvalue weighted by Crippen LogP contribution is -2.53. The highest BCUT2D eigenvalue weighted by Gasteiger charge is 2.51. The van der Waals surface area contributed by atoms with E-state index in [-0.39, 0.29) is 17.5 Å². The smallest absolute Gasteiger partial charge is 0.455 e. The van der Waals surface area contributed by atoms with E-state index in [0.717, 1.165) is 13.2 Å². The third-order valence-electron chi connectivity index (χ3n) is 8.42. The van der Waals surface area contributed by atoms with Crippen LogP contribution in [0.2, 0.25) is 0 Å². The molecule has 6 atom stereocenters. The molecule has 0 spiro atoms. The summed E-state index contributed by atoms with van der Waals surface area (Å²) >= 11 is 0. The Bertz CT molecular complexity index is 1630. The minimum absolute atomic E-state index is 0.112. The summed E-state index contributed by atoms with van der Waals surface area (Å²) in [5.74, 6) is -8.68. The quantitative estimate of drug-likeness (QED) is 0.162. The van der Waals surface area contributed by atoms with Crippen molar-refractivity contribution in [3.05, 3.63) is 51.1 Å². The summed E-state index contributed by atoms with van der Waals surface area (Å²) in [6, 6.07) is 0.559. The Morgan fingerprint density at radius 3 is 2.33 bits per heavy atom. The summed E-state index contributed by atoms with van der Waals surface area (Å²) in [5, 5.41) is 53.9. The van der Waals surface area contributed by atoms with Crippen molar-refractivity contribution < 1.29 is 72.1 Å². The van der Waals surface area contributed by atoms with Gasteiger partial charge in [0, 0.05) is 42.0 Å². The zero-order chi connectivity index (χ0) is 33.3. The lowest BCUT2D eigenvalue weighted by Gasteiger charge is -2.42. The van der Waals surface area contributed by atoms with E-state index in [4.69, 9.17) is 19.9 Å². The number of hydrogen-bond donors (Lipinski definition) is 6. The second kappa shape index (κ2) is 11.1. The van der Waals surface area contributed by atoms with Crippen LogP contribution in [0.15, 0.2) is 12.1 Å². The van der Waals surface area contributed by atoms with Crippen molar-refractivity contribution in [1.29, 1.82) is 0 Å². The van der Waals surface area contributed by atoms with E-state index in [1.165, 1.54) is 6.92 Å². The van der Waals surface area contributed by atoms with Gasteiger partial charge in [0.15, 0.2) is 17.9 Å². The zero-order valence-electron chi connectivity index (χ0n) is 23.7. The number of phenols is 2. The van der Waals surface area contributed by atoms with Crippen molar-refractivity contribution in [2.45, 2.75) is 68.6 Å². The molecular formula is C29H28F3NO12. The van der Waals surface area contributed by atoms with Gasteiger partial charge in [-0.15, -0.1) is 0 Å². The monoisotopic (exact) mass is 639 g/mol. The Balaban J connectivity index is 1.71. The van der Waals surface area contributed by atoms with Crippen LogP contribution in [0.3, 0.4) is 0 Å². The topological polar surface area (TPSA) is 223 Å². The summed E-state index contributed by atoms with van der Waals surface area (Å²) in [6.07, 6.45) is -11.6. The Hall–Kier alpha value is -3.93. The third kappa shape index (κ3) is 5.07. The van der Waals surface area contributed by atoms with E-state index >= 15 is 0 Å². The van der Waals surface area contributed by atoms with Gasteiger partial charge in [0.1, 0.15) is 29.5 Å². The van der Waals surface area contributed by atoms with E-state index < -0.39 is 130 Å². The van der Waals surface area contributed by atoms with Crippen molar-refractivity contribution in [2.24, 2.45) is 5.73 Å². The average molecular weight is 640 g/mol. The number of benzene rings is 2. The van der Waals surface area contributed by atoms with Crippen LogP contribution in [0.5, 0.6) is 17.2 Å². The zero-order valence-corrected chi connectivity index (χ0v) is 23.7. The van der Waals surface area contributed by atoms with Crippen molar-refractivity contribution >= 4 is 23.1 Å². The van der Waals surface area contributed by atoms with Crippen LogP contribution >= 0.6 is 0 Å². The van der Waals surface area contributed by atoms with Gasteiger partial charge in [0.25, 0.3) is 5.78 Å². The van der Waals surface area contributed by atoms with Crippen LogP contribution < -0.4 is 10.5 Å². The number of alkyl halides is 3. The normalized spacial score (nSPS) is 27.8. The van der Waals surface area contributed by atoms with Crippen molar-refractivity contribution in [3.8, 4) is 17.2 Å². The number of halogens is 3. The number of ether oxygens (including phenoxy) is 3. The fraction of sp³-hybridized carbons (Fsp3) is 0.448. The number of fused-ring (bicyclic) bond motifs is 3. The molecule has 1 aliphatic heterocycles. The molecule has 0 aromatic heterocycles. The summed E-state index contributed by atoms with van der Waals surface area (Å²) in [4.78, 5) is 52.3. The number of Topliss-reactive ketones (excluding diaryl/α,β-unsaturated/α-hetero) is 2. The van der Waals surface area contributed by atoms with Gasteiger partial charge in [-0.25, -0.2) is 0 Å². The molecule has 13 nitrogen and oxygen atoms in total. The molecule has 7 N–H and O–H groups in total. The minimum Gasteiger partial charge on any atom is -0.507 e. The molecule has 0 saturated carbocycles. The van der Waals surface area contributed by atoms with Crippen LogP contribution in [0, 0.1) is 0 Å². The Morgan fingerprint density at radius 1 is 1.11 bits per heavy atom. The van der Waals surface area contributed by atoms with Crippen LogP contribution in [0.4, 0.5) is 13.2 Å². The molecule has 2 aromatic rings. The first-order chi connectivity index (χ1) is 21.0. The van der Waals surface area contributed by atoms with Gasteiger partial charge in [-0.05, 0) is 19.1 Å². The molecule has 0 unspecified atom stereocenters. The number of aliphatic hydroxyl groups is 3. The van der Waals surface area contributed by atoms with Crippen molar-refractivity contribution in [1.82, 2.24) is 0 Å². The van der Waals surface area contributed by atoms with E-state index in [2.05, 4.69) is 0 Å².